The van der Waals surface area contributed by atoms with Gasteiger partial charge in [0, 0.05) is 19.8 Å². The van der Waals surface area contributed by atoms with Gasteiger partial charge in [0.1, 0.15) is 0 Å². The maximum absolute atomic E-state index is 2.98. The van der Waals surface area contributed by atoms with E-state index < -0.39 is 0 Å². The van der Waals surface area contributed by atoms with Crippen molar-refractivity contribution < 1.29 is 0 Å². The molecule has 4 nitrogen and oxygen atoms in total. The molecule has 4 N–H and O–H groups in total. The van der Waals surface area contributed by atoms with E-state index >= 15 is 0 Å². The Morgan fingerprint density at radius 3 is 2.60 bits per heavy atom. The minimum atomic E-state index is 0.943. The molecule has 0 unspecified atom stereocenters. The lowest BCUT2D eigenvalue weighted by Crippen LogP contribution is -2.28. The molecule has 0 aliphatic heterocycles. The summed E-state index contributed by atoms with van der Waals surface area (Å²) >= 11 is 0. The van der Waals surface area contributed by atoms with Gasteiger partial charge in [0.15, 0.2) is 0 Å². The van der Waals surface area contributed by atoms with Gasteiger partial charge in [0.2, 0.25) is 0 Å². The van der Waals surface area contributed by atoms with E-state index in [1.54, 1.807) is 0 Å². The second-order valence-electron chi connectivity index (χ2n) is 1.76. The third-order valence-electron chi connectivity index (χ3n) is 0.958. The van der Waals surface area contributed by atoms with Gasteiger partial charge in [-0.2, -0.15) is 0 Å². The van der Waals surface area contributed by atoms with E-state index in [0.717, 1.165) is 13.0 Å². The van der Waals surface area contributed by atoms with Crippen molar-refractivity contribution in [1.29, 1.82) is 0 Å². The molecule has 0 aromatic rings. The normalized spacial score (nSPS) is 10.6. The molecule has 0 aromatic carbocycles. The smallest absolute Gasteiger partial charge is 0.0135 e. The van der Waals surface area contributed by atoms with Crippen LogP contribution in [0.1, 0.15) is 6.42 Å². The Kier molecular flexibility index (Phi) is 7.93. The molecule has 0 bridgehead atoms. The second kappa shape index (κ2) is 8.42. The molecule has 0 saturated heterocycles. The van der Waals surface area contributed by atoms with E-state index in [-0.39, 0.29) is 0 Å². The van der Waals surface area contributed by atoms with Crippen LogP contribution in [0.4, 0.5) is 0 Å². The van der Waals surface area contributed by atoms with Gasteiger partial charge in [-0.15, -0.1) is 0 Å². The SMILES string of the molecule is CNNC=CCCNNC. The second-order valence-corrected chi connectivity index (χ2v) is 1.76. The summed E-state index contributed by atoms with van der Waals surface area (Å²) in [6.45, 7) is 0.943. The van der Waals surface area contributed by atoms with Crippen LogP contribution in [-0.4, -0.2) is 20.6 Å². The number of rotatable bonds is 6. The molecule has 0 aliphatic rings. The van der Waals surface area contributed by atoms with Crippen LogP contribution >= 0.6 is 0 Å². The first kappa shape index (κ1) is 9.42. The predicted molar refractivity (Wildman–Crippen MR) is 43.0 cm³/mol. The van der Waals surface area contributed by atoms with Gasteiger partial charge in [-0.25, -0.2) is 5.43 Å². The highest BCUT2D eigenvalue weighted by Crippen LogP contribution is 1.74. The Balaban J connectivity index is 2.88. The molecule has 0 atom stereocenters. The largest absolute Gasteiger partial charge is 0.329 e. The zero-order valence-corrected chi connectivity index (χ0v) is 6.57. The molecule has 10 heavy (non-hydrogen) atoms. The summed E-state index contributed by atoms with van der Waals surface area (Å²) < 4.78 is 0. The summed E-state index contributed by atoms with van der Waals surface area (Å²) in [7, 11) is 3.69. The lowest BCUT2D eigenvalue weighted by Gasteiger charge is -1.97. The lowest BCUT2D eigenvalue weighted by molar-refractivity contribution is 0.601. The molecule has 0 fully saturated rings. The van der Waals surface area contributed by atoms with Gasteiger partial charge in [-0.3, -0.25) is 10.9 Å². The quantitative estimate of drug-likeness (QED) is 0.295. The van der Waals surface area contributed by atoms with E-state index in [0.29, 0.717) is 0 Å². The Hall–Kier alpha value is -0.580. The van der Waals surface area contributed by atoms with Crippen LogP contribution in [-0.2, 0) is 0 Å². The fourth-order valence-electron chi connectivity index (χ4n) is 0.506. The Morgan fingerprint density at radius 1 is 1.20 bits per heavy atom. The van der Waals surface area contributed by atoms with Gasteiger partial charge >= 0.3 is 0 Å². The molecule has 0 spiro atoms. The summed E-state index contributed by atoms with van der Waals surface area (Å²) in [5, 5.41) is 0. The van der Waals surface area contributed by atoms with Crippen molar-refractivity contribution in [2.24, 2.45) is 0 Å². The van der Waals surface area contributed by atoms with Crippen LogP contribution in [0.15, 0.2) is 12.3 Å². The molecule has 0 amide bonds. The average molecular weight is 144 g/mol. The zero-order valence-electron chi connectivity index (χ0n) is 6.57. The van der Waals surface area contributed by atoms with Gasteiger partial charge in [-0.1, -0.05) is 6.08 Å². The highest BCUT2D eigenvalue weighted by molar-refractivity contribution is 4.77. The molecule has 0 aromatic heterocycles. The Morgan fingerprint density at radius 2 is 2.00 bits per heavy atom. The summed E-state index contributed by atoms with van der Waals surface area (Å²) in [4.78, 5) is 0. The molecule has 0 saturated carbocycles. The maximum atomic E-state index is 2.98. The predicted octanol–water partition coefficient (Wildman–Crippen LogP) is -0.662. The molecule has 0 heterocycles. The van der Waals surface area contributed by atoms with Crippen molar-refractivity contribution in [1.82, 2.24) is 21.7 Å². The standard InChI is InChI=1S/C6H16N4/c1-7-9-5-3-4-6-10-8-2/h3,5,7-10H,4,6H2,1-2H3. The third kappa shape index (κ3) is 7.42. The molecule has 0 rings (SSSR count). The number of nitrogens with one attached hydrogen (secondary N) is 4. The summed E-state index contributed by atoms with van der Waals surface area (Å²) in [6, 6.07) is 0. The van der Waals surface area contributed by atoms with Crippen LogP contribution in [0, 0.1) is 0 Å². The molecule has 0 radical (unpaired) electrons. The van der Waals surface area contributed by atoms with Gasteiger partial charge in [0.05, 0.1) is 0 Å². The maximum Gasteiger partial charge on any atom is 0.0135 e. The first-order chi connectivity index (χ1) is 4.91. The van der Waals surface area contributed by atoms with Gasteiger partial charge in [0.25, 0.3) is 0 Å². The van der Waals surface area contributed by atoms with Crippen LogP contribution in [0.5, 0.6) is 0 Å². The molecular formula is C6H16N4. The fourth-order valence-corrected chi connectivity index (χ4v) is 0.506. The van der Waals surface area contributed by atoms with Crippen molar-refractivity contribution in [2.45, 2.75) is 6.42 Å². The van der Waals surface area contributed by atoms with Crippen molar-refractivity contribution >= 4 is 0 Å². The first-order valence-electron chi connectivity index (χ1n) is 3.38. The van der Waals surface area contributed by atoms with Crippen LogP contribution in [0.2, 0.25) is 0 Å². The summed E-state index contributed by atoms with van der Waals surface area (Å²) in [5.41, 5.74) is 11.4. The third-order valence-corrected chi connectivity index (χ3v) is 0.958. The summed E-state index contributed by atoms with van der Waals surface area (Å²) in [6.07, 6.45) is 4.92. The fraction of sp³-hybridized carbons (Fsp3) is 0.667. The minimum absolute atomic E-state index is 0.943. The monoisotopic (exact) mass is 144 g/mol. The number of hydrazine groups is 2. The van der Waals surface area contributed by atoms with Crippen LogP contribution in [0.3, 0.4) is 0 Å². The van der Waals surface area contributed by atoms with E-state index in [2.05, 4.69) is 21.7 Å². The van der Waals surface area contributed by atoms with Crippen LogP contribution in [0.25, 0.3) is 0 Å². The molecule has 4 heteroatoms. The Bertz CT molecular complexity index is 81.8. The first-order valence-corrected chi connectivity index (χ1v) is 3.38. The highest BCUT2D eigenvalue weighted by atomic mass is 15.3. The van der Waals surface area contributed by atoms with Gasteiger partial charge < -0.3 is 5.43 Å². The van der Waals surface area contributed by atoms with Crippen molar-refractivity contribution in [3.63, 3.8) is 0 Å². The zero-order chi connectivity index (χ0) is 7.66. The molecule has 0 aliphatic carbocycles. The lowest BCUT2D eigenvalue weighted by atomic mass is 10.4. The van der Waals surface area contributed by atoms with Crippen molar-refractivity contribution in [3.8, 4) is 0 Å². The summed E-state index contributed by atoms with van der Waals surface area (Å²) in [5.74, 6) is 0. The van der Waals surface area contributed by atoms with Crippen molar-refractivity contribution in [3.05, 3.63) is 12.3 Å². The van der Waals surface area contributed by atoms with E-state index in [1.165, 1.54) is 0 Å². The van der Waals surface area contributed by atoms with Gasteiger partial charge in [-0.05, 0) is 13.5 Å². The topological polar surface area (TPSA) is 48.1 Å². The molecule has 60 valence electrons. The van der Waals surface area contributed by atoms with Crippen molar-refractivity contribution in [2.75, 3.05) is 20.6 Å². The van der Waals surface area contributed by atoms with E-state index in [4.69, 9.17) is 0 Å². The van der Waals surface area contributed by atoms with E-state index in [9.17, 15) is 0 Å². The highest BCUT2D eigenvalue weighted by Gasteiger charge is 1.76. The minimum Gasteiger partial charge on any atom is -0.329 e. The van der Waals surface area contributed by atoms with E-state index in [1.807, 2.05) is 26.4 Å². The average Bonchev–Trinajstić information content (AvgIpc) is 1.97. The number of hydrogen-bond acceptors (Lipinski definition) is 4. The number of hydrogen-bond donors (Lipinski definition) is 4. The molecular weight excluding hydrogens is 128 g/mol. The Labute approximate surface area is 62.0 Å². The van der Waals surface area contributed by atoms with Crippen LogP contribution < -0.4 is 21.7 Å².